The summed E-state index contributed by atoms with van der Waals surface area (Å²) in [6.07, 6.45) is 3.22. The summed E-state index contributed by atoms with van der Waals surface area (Å²) < 4.78 is 18.0. The Morgan fingerprint density at radius 3 is 2.71 bits per heavy atom. The number of aryl methyl sites for hydroxylation is 1. The molecular formula is C15H16FN3O2. The molecule has 0 aliphatic carbocycles. The molecule has 5 nitrogen and oxygen atoms in total. The molecule has 21 heavy (non-hydrogen) atoms. The average molecular weight is 289 g/mol. The van der Waals surface area contributed by atoms with Gasteiger partial charge in [-0.3, -0.25) is 9.97 Å². The number of carbonyl (C=O) groups is 1. The number of methoxy groups -OCH3 is 1. The van der Waals surface area contributed by atoms with Gasteiger partial charge in [-0.2, -0.15) is 0 Å². The summed E-state index contributed by atoms with van der Waals surface area (Å²) in [5, 5.41) is 3.14. The van der Waals surface area contributed by atoms with Gasteiger partial charge in [0.15, 0.2) is 0 Å². The van der Waals surface area contributed by atoms with Crippen LogP contribution in [0.5, 0.6) is 0 Å². The third kappa shape index (κ3) is 3.34. The minimum absolute atomic E-state index is 0.144. The molecule has 0 radical (unpaired) electrons. The van der Waals surface area contributed by atoms with E-state index in [4.69, 9.17) is 0 Å². The minimum Gasteiger partial charge on any atom is -0.465 e. The van der Waals surface area contributed by atoms with Gasteiger partial charge >= 0.3 is 5.97 Å². The van der Waals surface area contributed by atoms with E-state index in [0.717, 1.165) is 17.5 Å². The first-order valence-electron chi connectivity index (χ1n) is 6.45. The van der Waals surface area contributed by atoms with Gasteiger partial charge in [-0.15, -0.1) is 0 Å². The van der Waals surface area contributed by atoms with E-state index in [1.54, 1.807) is 12.4 Å². The van der Waals surface area contributed by atoms with Crippen LogP contribution in [0.25, 0.3) is 0 Å². The van der Waals surface area contributed by atoms with Crippen molar-refractivity contribution in [3.8, 4) is 0 Å². The molecule has 1 aromatic carbocycles. The first kappa shape index (κ1) is 14.9. The van der Waals surface area contributed by atoms with Crippen LogP contribution in [0.15, 0.2) is 30.6 Å². The fourth-order valence-corrected chi connectivity index (χ4v) is 2.07. The molecule has 0 aliphatic heterocycles. The lowest BCUT2D eigenvalue weighted by molar-refractivity contribution is 0.0601. The van der Waals surface area contributed by atoms with E-state index >= 15 is 0 Å². The highest BCUT2D eigenvalue weighted by Gasteiger charge is 2.17. The summed E-state index contributed by atoms with van der Waals surface area (Å²) in [7, 11) is 1.26. The number of hydrogen-bond acceptors (Lipinski definition) is 5. The number of ether oxygens (including phenoxy) is 1. The van der Waals surface area contributed by atoms with Crippen molar-refractivity contribution in [1.82, 2.24) is 9.97 Å². The van der Waals surface area contributed by atoms with Crippen LogP contribution in [0.4, 0.5) is 10.1 Å². The number of nitrogens with one attached hydrogen (secondary N) is 1. The van der Waals surface area contributed by atoms with Crippen molar-refractivity contribution in [3.63, 3.8) is 0 Å². The van der Waals surface area contributed by atoms with Gasteiger partial charge in [0.25, 0.3) is 0 Å². The zero-order chi connectivity index (χ0) is 15.4. The van der Waals surface area contributed by atoms with E-state index in [1.165, 1.54) is 19.2 Å². The Balaban J connectivity index is 2.31. The lowest BCUT2D eigenvalue weighted by atomic mass is 10.1. The normalized spacial score (nSPS) is 11.8. The van der Waals surface area contributed by atoms with Crippen LogP contribution in [0.1, 0.15) is 34.7 Å². The topological polar surface area (TPSA) is 64.1 Å². The summed E-state index contributed by atoms with van der Waals surface area (Å²) in [5.74, 6) is -1.09. The summed E-state index contributed by atoms with van der Waals surface area (Å²) >= 11 is 0. The maximum Gasteiger partial charge on any atom is 0.340 e. The lowest BCUT2D eigenvalue weighted by Crippen LogP contribution is -2.14. The van der Waals surface area contributed by atoms with Gasteiger partial charge in [-0.05, 0) is 32.0 Å². The van der Waals surface area contributed by atoms with Gasteiger partial charge in [-0.25, -0.2) is 9.18 Å². The molecule has 1 N–H and O–H groups in total. The van der Waals surface area contributed by atoms with E-state index in [9.17, 15) is 9.18 Å². The predicted octanol–water partition coefficient (Wildman–Crippen LogP) is 2.88. The highest BCUT2D eigenvalue weighted by Crippen LogP contribution is 2.24. The van der Waals surface area contributed by atoms with Gasteiger partial charge < -0.3 is 10.1 Å². The Labute approximate surface area is 122 Å². The Kier molecular flexibility index (Phi) is 4.47. The molecule has 0 saturated heterocycles. The monoisotopic (exact) mass is 289 g/mol. The van der Waals surface area contributed by atoms with Crippen LogP contribution < -0.4 is 5.32 Å². The van der Waals surface area contributed by atoms with E-state index in [1.807, 2.05) is 13.8 Å². The van der Waals surface area contributed by atoms with Crippen molar-refractivity contribution < 1.29 is 13.9 Å². The molecule has 0 amide bonds. The molecule has 1 heterocycles. The lowest BCUT2D eigenvalue weighted by Gasteiger charge is -2.18. The Morgan fingerprint density at radius 2 is 2.05 bits per heavy atom. The van der Waals surface area contributed by atoms with Crippen LogP contribution >= 0.6 is 0 Å². The number of rotatable bonds is 4. The first-order valence-corrected chi connectivity index (χ1v) is 6.45. The molecule has 1 unspecified atom stereocenters. The molecule has 0 aliphatic rings. The van der Waals surface area contributed by atoms with Crippen LogP contribution in [0, 0.1) is 12.7 Å². The summed E-state index contributed by atoms with van der Waals surface area (Å²) in [5.41, 5.74) is 2.18. The number of hydrogen-bond donors (Lipinski definition) is 1. The minimum atomic E-state index is -0.597. The van der Waals surface area contributed by atoms with Gasteiger partial charge in [-0.1, -0.05) is 0 Å². The zero-order valence-electron chi connectivity index (χ0n) is 12.1. The van der Waals surface area contributed by atoms with Gasteiger partial charge in [0, 0.05) is 18.1 Å². The fourth-order valence-electron chi connectivity index (χ4n) is 2.07. The molecule has 110 valence electrons. The number of nitrogens with zero attached hydrogens (tertiary/aromatic N) is 2. The second-order valence-electron chi connectivity index (χ2n) is 4.57. The molecule has 0 saturated carbocycles. The standard InChI is InChI=1S/C15H16FN3O2/c1-9-14(18-7-6-17-9)10(2)19-13-5-4-11(16)8-12(13)15(20)21-3/h4-8,10,19H,1-3H3. The predicted molar refractivity (Wildman–Crippen MR) is 76.5 cm³/mol. The molecule has 1 aromatic heterocycles. The molecule has 2 rings (SSSR count). The van der Waals surface area contributed by atoms with E-state index < -0.39 is 11.8 Å². The number of aromatic nitrogens is 2. The van der Waals surface area contributed by atoms with Gasteiger partial charge in [0.2, 0.25) is 0 Å². The molecule has 1 atom stereocenters. The maximum absolute atomic E-state index is 13.3. The van der Waals surface area contributed by atoms with Gasteiger partial charge in [0.1, 0.15) is 5.82 Å². The molecule has 6 heteroatoms. The molecule has 0 fully saturated rings. The number of esters is 1. The van der Waals surface area contributed by atoms with E-state index in [2.05, 4.69) is 20.0 Å². The van der Waals surface area contributed by atoms with Gasteiger partial charge in [0.05, 0.1) is 30.1 Å². The number of carbonyl (C=O) groups excluding carboxylic acids is 1. The van der Waals surface area contributed by atoms with Crippen LogP contribution in [0.3, 0.4) is 0 Å². The number of benzene rings is 1. The summed E-state index contributed by atoms with van der Waals surface area (Å²) in [4.78, 5) is 20.2. The Bertz CT molecular complexity index is 661. The van der Waals surface area contributed by atoms with Crippen molar-refractivity contribution in [1.29, 1.82) is 0 Å². The molecular weight excluding hydrogens is 273 g/mol. The van der Waals surface area contributed by atoms with Crippen molar-refractivity contribution in [3.05, 3.63) is 53.4 Å². The Morgan fingerprint density at radius 1 is 1.33 bits per heavy atom. The van der Waals surface area contributed by atoms with E-state index in [0.29, 0.717) is 5.69 Å². The third-order valence-corrected chi connectivity index (χ3v) is 3.09. The average Bonchev–Trinajstić information content (AvgIpc) is 2.48. The molecule has 2 aromatic rings. The van der Waals surface area contributed by atoms with Crippen molar-refractivity contribution in [2.45, 2.75) is 19.9 Å². The van der Waals surface area contributed by atoms with E-state index in [-0.39, 0.29) is 11.6 Å². The smallest absolute Gasteiger partial charge is 0.340 e. The highest BCUT2D eigenvalue weighted by molar-refractivity contribution is 5.95. The van der Waals surface area contributed by atoms with Crippen molar-refractivity contribution in [2.24, 2.45) is 0 Å². The van der Waals surface area contributed by atoms with Crippen LogP contribution in [0.2, 0.25) is 0 Å². The van der Waals surface area contributed by atoms with Crippen LogP contribution in [-0.2, 0) is 4.74 Å². The van der Waals surface area contributed by atoms with Crippen molar-refractivity contribution in [2.75, 3.05) is 12.4 Å². The Hall–Kier alpha value is -2.50. The van der Waals surface area contributed by atoms with Crippen molar-refractivity contribution >= 4 is 11.7 Å². The fraction of sp³-hybridized carbons (Fsp3) is 0.267. The maximum atomic E-state index is 13.3. The number of halogens is 1. The second-order valence-corrected chi connectivity index (χ2v) is 4.57. The highest BCUT2D eigenvalue weighted by atomic mass is 19.1. The quantitative estimate of drug-likeness (QED) is 0.877. The largest absolute Gasteiger partial charge is 0.465 e. The summed E-state index contributed by atoms with van der Waals surface area (Å²) in [6, 6.07) is 3.74. The first-order chi connectivity index (χ1) is 10.0. The molecule has 0 bridgehead atoms. The molecule has 0 spiro atoms. The SMILES string of the molecule is COC(=O)c1cc(F)ccc1NC(C)c1nccnc1C. The van der Waals surface area contributed by atoms with Crippen LogP contribution in [-0.4, -0.2) is 23.0 Å². The number of anilines is 1. The second kappa shape index (κ2) is 6.30. The third-order valence-electron chi connectivity index (χ3n) is 3.09. The zero-order valence-corrected chi connectivity index (χ0v) is 12.1. The summed E-state index contributed by atoms with van der Waals surface area (Å²) in [6.45, 7) is 3.74.